The molecule has 0 aliphatic carbocycles. The number of aliphatic hydroxyl groups is 1. The number of nitrogens with zero attached hydrogens (tertiary/aromatic N) is 1. The van der Waals surface area contributed by atoms with Gasteiger partial charge in [0.05, 0.1) is 23.1 Å². The number of rotatable bonds is 5. The lowest BCUT2D eigenvalue weighted by Gasteiger charge is -2.35. The van der Waals surface area contributed by atoms with E-state index in [0.29, 0.717) is 26.1 Å². The van der Waals surface area contributed by atoms with Crippen LogP contribution in [0.3, 0.4) is 0 Å². The van der Waals surface area contributed by atoms with Crippen LogP contribution in [0.4, 0.5) is 5.69 Å². The van der Waals surface area contributed by atoms with Crippen LogP contribution in [0.5, 0.6) is 0 Å². The number of carbonyl (C=O) groups is 1. The summed E-state index contributed by atoms with van der Waals surface area (Å²) in [5, 5.41) is 10.6. The number of benzene rings is 1. The average molecular weight is 356 g/mol. The summed E-state index contributed by atoms with van der Waals surface area (Å²) in [6.45, 7) is 2.92. The van der Waals surface area contributed by atoms with Gasteiger partial charge in [0, 0.05) is 39.6 Å². The van der Waals surface area contributed by atoms with E-state index in [1.54, 1.807) is 25.2 Å². The second kappa shape index (κ2) is 7.08. The minimum absolute atomic E-state index is 0.168. The standard InChI is InChI=1S/C16H24N2O5S/c1-12-4-5-14(17-24(3,21)22)13(10-12)15(19)18(2)11-16(20)6-8-23-9-7-16/h4-5,10,17,20H,6-9,11H2,1-3H3. The summed E-state index contributed by atoms with van der Waals surface area (Å²) in [6.07, 6.45) is 1.97. The van der Waals surface area contributed by atoms with E-state index in [9.17, 15) is 18.3 Å². The van der Waals surface area contributed by atoms with Gasteiger partial charge in [-0.15, -0.1) is 0 Å². The molecule has 1 amide bonds. The summed E-state index contributed by atoms with van der Waals surface area (Å²) in [4.78, 5) is 14.2. The first kappa shape index (κ1) is 18.7. The number of aryl methyl sites for hydroxylation is 1. The quantitative estimate of drug-likeness (QED) is 0.820. The Bertz CT molecular complexity index is 711. The maximum Gasteiger partial charge on any atom is 0.255 e. The molecule has 0 aromatic heterocycles. The molecule has 0 bridgehead atoms. The molecule has 0 saturated carbocycles. The van der Waals surface area contributed by atoms with Gasteiger partial charge in [-0.1, -0.05) is 11.6 Å². The first-order valence-electron chi connectivity index (χ1n) is 7.74. The van der Waals surface area contributed by atoms with Gasteiger partial charge in [0.25, 0.3) is 5.91 Å². The molecule has 0 spiro atoms. The van der Waals surface area contributed by atoms with E-state index in [0.717, 1.165) is 11.8 Å². The summed E-state index contributed by atoms with van der Waals surface area (Å²) >= 11 is 0. The Hall–Kier alpha value is -1.64. The molecule has 1 aromatic rings. The lowest BCUT2D eigenvalue weighted by Crippen LogP contribution is -2.47. The second-order valence-electron chi connectivity index (χ2n) is 6.42. The first-order valence-corrected chi connectivity index (χ1v) is 9.63. The topological polar surface area (TPSA) is 95.9 Å². The number of nitrogens with one attached hydrogen (secondary N) is 1. The fourth-order valence-electron chi connectivity index (χ4n) is 2.75. The van der Waals surface area contributed by atoms with Crippen molar-refractivity contribution in [1.29, 1.82) is 0 Å². The Morgan fingerprint density at radius 2 is 2.00 bits per heavy atom. The molecule has 1 saturated heterocycles. The van der Waals surface area contributed by atoms with Gasteiger partial charge >= 0.3 is 0 Å². The average Bonchev–Trinajstić information content (AvgIpc) is 2.47. The zero-order chi connectivity index (χ0) is 18.0. The minimum Gasteiger partial charge on any atom is -0.388 e. The van der Waals surface area contributed by atoms with Crippen molar-refractivity contribution in [2.45, 2.75) is 25.4 Å². The third-order valence-electron chi connectivity index (χ3n) is 4.00. The van der Waals surface area contributed by atoms with E-state index in [2.05, 4.69) is 4.72 Å². The van der Waals surface area contributed by atoms with E-state index < -0.39 is 15.6 Å². The molecule has 1 aliphatic heterocycles. The highest BCUT2D eigenvalue weighted by Gasteiger charge is 2.33. The molecule has 2 rings (SSSR count). The molecule has 1 heterocycles. The van der Waals surface area contributed by atoms with Gasteiger partial charge in [0.1, 0.15) is 0 Å². The zero-order valence-corrected chi connectivity index (χ0v) is 15.0. The molecule has 0 radical (unpaired) electrons. The molecule has 24 heavy (non-hydrogen) atoms. The highest BCUT2D eigenvalue weighted by atomic mass is 32.2. The number of amides is 1. The van der Waals surface area contributed by atoms with Gasteiger partial charge in [0.2, 0.25) is 10.0 Å². The SMILES string of the molecule is Cc1ccc(NS(C)(=O)=O)c(C(=O)N(C)CC2(O)CCOCC2)c1. The molecule has 1 aliphatic rings. The summed E-state index contributed by atoms with van der Waals surface area (Å²) in [5.41, 5.74) is 0.366. The number of likely N-dealkylation sites (N-methyl/N-ethyl adjacent to an activating group) is 1. The van der Waals surface area contributed by atoms with Crippen molar-refractivity contribution >= 4 is 21.6 Å². The van der Waals surface area contributed by atoms with Crippen LogP contribution < -0.4 is 4.72 Å². The molecule has 1 fully saturated rings. The molecule has 0 atom stereocenters. The van der Waals surface area contributed by atoms with Gasteiger partial charge in [-0.25, -0.2) is 8.42 Å². The van der Waals surface area contributed by atoms with Crippen LogP contribution in [0.1, 0.15) is 28.8 Å². The third-order valence-corrected chi connectivity index (χ3v) is 4.59. The number of carbonyl (C=O) groups excluding carboxylic acids is 1. The van der Waals surface area contributed by atoms with Gasteiger partial charge < -0.3 is 14.7 Å². The smallest absolute Gasteiger partial charge is 0.255 e. The number of sulfonamides is 1. The maximum atomic E-state index is 12.8. The molecule has 2 N–H and O–H groups in total. The van der Waals surface area contributed by atoms with Crippen LogP contribution in [-0.4, -0.2) is 63.0 Å². The number of hydrogen-bond acceptors (Lipinski definition) is 5. The summed E-state index contributed by atoms with van der Waals surface area (Å²) in [5.74, 6) is -0.343. The summed E-state index contributed by atoms with van der Waals surface area (Å²) in [6, 6.07) is 4.94. The molecule has 134 valence electrons. The second-order valence-corrected chi connectivity index (χ2v) is 8.17. The number of anilines is 1. The van der Waals surface area contributed by atoms with Crippen LogP contribution in [0.15, 0.2) is 18.2 Å². The molecular formula is C16H24N2O5S. The van der Waals surface area contributed by atoms with E-state index in [4.69, 9.17) is 4.74 Å². The molecule has 1 aromatic carbocycles. The fourth-order valence-corrected chi connectivity index (χ4v) is 3.33. The molecule has 7 nitrogen and oxygen atoms in total. The van der Waals surface area contributed by atoms with E-state index in [1.807, 2.05) is 6.92 Å². The van der Waals surface area contributed by atoms with Crippen molar-refractivity contribution in [3.63, 3.8) is 0 Å². The maximum absolute atomic E-state index is 12.8. The summed E-state index contributed by atoms with van der Waals surface area (Å²) in [7, 11) is -1.90. The Balaban J connectivity index is 2.23. The Morgan fingerprint density at radius 3 is 2.58 bits per heavy atom. The number of hydrogen-bond donors (Lipinski definition) is 2. The van der Waals surface area contributed by atoms with E-state index in [-0.39, 0.29) is 23.7 Å². The van der Waals surface area contributed by atoms with Crippen molar-refractivity contribution in [3.8, 4) is 0 Å². The van der Waals surface area contributed by atoms with Crippen LogP contribution >= 0.6 is 0 Å². The first-order chi connectivity index (χ1) is 11.1. The van der Waals surface area contributed by atoms with Crippen LogP contribution in [-0.2, 0) is 14.8 Å². The molecule has 0 unspecified atom stereocenters. The van der Waals surface area contributed by atoms with E-state index in [1.165, 1.54) is 4.90 Å². The summed E-state index contributed by atoms with van der Waals surface area (Å²) < 4.78 is 30.6. The normalized spacial score (nSPS) is 17.3. The van der Waals surface area contributed by atoms with Crippen LogP contribution in [0.2, 0.25) is 0 Å². The van der Waals surface area contributed by atoms with Crippen molar-refractivity contribution in [3.05, 3.63) is 29.3 Å². The highest BCUT2D eigenvalue weighted by molar-refractivity contribution is 7.92. The minimum atomic E-state index is -3.50. The highest BCUT2D eigenvalue weighted by Crippen LogP contribution is 2.24. The largest absolute Gasteiger partial charge is 0.388 e. The zero-order valence-electron chi connectivity index (χ0n) is 14.2. The molecule has 8 heteroatoms. The van der Waals surface area contributed by atoms with Crippen molar-refractivity contribution < 1.29 is 23.1 Å². The predicted octanol–water partition coefficient (Wildman–Crippen LogP) is 0.980. The lowest BCUT2D eigenvalue weighted by molar-refractivity contribution is -0.0734. The third kappa shape index (κ3) is 4.93. The lowest BCUT2D eigenvalue weighted by atomic mass is 9.93. The van der Waals surface area contributed by atoms with Gasteiger partial charge in [-0.05, 0) is 19.1 Å². The van der Waals surface area contributed by atoms with Crippen molar-refractivity contribution in [2.24, 2.45) is 0 Å². The van der Waals surface area contributed by atoms with Gasteiger partial charge in [-0.2, -0.15) is 0 Å². The van der Waals surface area contributed by atoms with Gasteiger partial charge in [-0.3, -0.25) is 9.52 Å². The Kier molecular flexibility index (Phi) is 5.52. The van der Waals surface area contributed by atoms with Gasteiger partial charge in [0.15, 0.2) is 0 Å². The van der Waals surface area contributed by atoms with E-state index >= 15 is 0 Å². The van der Waals surface area contributed by atoms with Crippen LogP contribution in [0, 0.1) is 6.92 Å². The monoisotopic (exact) mass is 356 g/mol. The van der Waals surface area contributed by atoms with Crippen molar-refractivity contribution in [2.75, 3.05) is 37.8 Å². The predicted molar refractivity (Wildman–Crippen MR) is 91.6 cm³/mol. The van der Waals surface area contributed by atoms with Crippen molar-refractivity contribution in [1.82, 2.24) is 4.90 Å². The number of ether oxygens (including phenoxy) is 1. The Labute approximate surface area is 142 Å². The molecular weight excluding hydrogens is 332 g/mol. The fraction of sp³-hybridized carbons (Fsp3) is 0.562. The Morgan fingerprint density at radius 1 is 1.38 bits per heavy atom. The van der Waals surface area contributed by atoms with Crippen LogP contribution in [0.25, 0.3) is 0 Å².